The average molecular weight is 372 g/mol. The van der Waals surface area contributed by atoms with Gasteiger partial charge in [0.25, 0.3) is 0 Å². The summed E-state index contributed by atoms with van der Waals surface area (Å²) in [6.07, 6.45) is 1.02. The molecule has 2 aromatic carbocycles. The average Bonchev–Trinajstić information content (AvgIpc) is 2.63. The van der Waals surface area contributed by atoms with Gasteiger partial charge < -0.3 is 4.90 Å². The van der Waals surface area contributed by atoms with E-state index < -0.39 is 10.0 Å². The maximum Gasteiger partial charge on any atom is 0.224 e. The van der Waals surface area contributed by atoms with Crippen LogP contribution in [0.1, 0.15) is 28.7 Å². The third-order valence-corrected chi connectivity index (χ3v) is 6.09. The first-order valence-electron chi connectivity index (χ1n) is 8.81. The Hall–Kier alpha value is -2.18. The van der Waals surface area contributed by atoms with Gasteiger partial charge in [0.1, 0.15) is 0 Å². The monoisotopic (exact) mass is 372 g/mol. The summed E-state index contributed by atoms with van der Waals surface area (Å²) in [6.45, 7) is 3.31. The van der Waals surface area contributed by atoms with Gasteiger partial charge in [-0.05, 0) is 35.6 Å². The SMILES string of the molecule is Cc1ccccc1CS(=O)(=O)NCCC(=O)N1CCc2ccccc2C1. The molecule has 1 aliphatic heterocycles. The molecule has 0 spiro atoms. The van der Waals surface area contributed by atoms with E-state index in [1.54, 1.807) is 4.90 Å². The molecule has 138 valence electrons. The van der Waals surface area contributed by atoms with Gasteiger partial charge in [-0.25, -0.2) is 13.1 Å². The van der Waals surface area contributed by atoms with Crippen molar-refractivity contribution in [3.05, 3.63) is 70.8 Å². The van der Waals surface area contributed by atoms with Crippen LogP contribution < -0.4 is 4.72 Å². The Bertz CT molecular complexity index is 893. The van der Waals surface area contributed by atoms with Crippen molar-refractivity contribution in [2.45, 2.75) is 32.1 Å². The van der Waals surface area contributed by atoms with Crippen LogP contribution >= 0.6 is 0 Å². The molecule has 0 radical (unpaired) electrons. The second-order valence-corrected chi connectivity index (χ2v) is 8.47. The minimum Gasteiger partial charge on any atom is -0.338 e. The quantitative estimate of drug-likeness (QED) is 0.847. The van der Waals surface area contributed by atoms with Gasteiger partial charge in [0.15, 0.2) is 0 Å². The van der Waals surface area contributed by atoms with Crippen molar-refractivity contribution < 1.29 is 13.2 Å². The third-order valence-electron chi connectivity index (χ3n) is 4.75. The third kappa shape index (κ3) is 4.71. The number of fused-ring (bicyclic) bond motifs is 1. The van der Waals surface area contributed by atoms with Gasteiger partial charge in [0.05, 0.1) is 5.75 Å². The molecule has 26 heavy (non-hydrogen) atoms. The van der Waals surface area contributed by atoms with Gasteiger partial charge in [0.2, 0.25) is 15.9 Å². The molecule has 1 amide bonds. The predicted molar refractivity (Wildman–Crippen MR) is 102 cm³/mol. The van der Waals surface area contributed by atoms with Crippen molar-refractivity contribution in [1.29, 1.82) is 0 Å². The van der Waals surface area contributed by atoms with Crippen molar-refractivity contribution in [3.8, 4) is 0 Å². The standard InChI is InChI=1S/C20H24N2O3S/c1-16-6-2-3-9-19(16)15-26(24,25)21-12-10-20(23)22-13-11-17-7-4-5-8-18(17)14-22/h2-9,21H,10-15H2,1H3. The number of hydrogen-bond acceptors (Lipinski definition) is 3. The Morgan fingerprint density at radius 1 is 1.08 bits per heavy atom. The van der Waals surface area contributed by atoms with E-state index in [4.69, 9.17) is 0 Å². The van der Waals surface area contributed by atoms with Crippen LogP contribution in [-0.2, 0) is 33.5 Å². The first-order valence-corrected chi connectivity index (χ1v) is 10.5. The second kappa shape index (κ2) is 8.01. The van der Waals surface area contributed by atoms with Crippen molar-refractivity contribution >= 4 is 15.9 Å². The smallest absolute Gasteiger partial charge is 0.224 e. The van der Waals surface area contributed by atoms with Gasteiger partial charge in [0, 0.05) is 26.1 Å². The summed E-state index contributed by atoms with van der Waals surface area (Å²) in [5.41, 5.74) is 4.18. The van der Waals surface area contributed by atoms with Crippen LogP contribution in [0.5, 0.6) is 0 Å². The number of benzene rings is 2. The lowest BCUT2D eigenvalue weighted by Crippen LogP contribution is -2.38. The number of aryl methyl sites for hydroxylation is 1. The molecule has 5 nitrogen and oxygen atoms in total. The Kier molecular flexibility index (Phi) is 5.74. The summed E-state index contributed by atoms with van der Waals surface area (Å²) in [7, 11) is -3.45. The molecule has 0 aliphatic carbocycles. The zero-order valence-electron chi connectivity index (χ0n) is 14.9. The highest BCUT2D eigenvalue weighted by atomic mass is 32.2. The van der Waals surface area contributed by atoms with Gasteiger partial charge in [-0.2, -0.15) is 0 Å². The molecule has 0 fully saturated rings. The number of hydrogen-bond donors (Lipinski definition) is 1. The summed E-state index contributed by atoms with van der Waals surface area (Å²) in [5, 5.41) is 0. The lowest BCUT2D eigenvalue weighted by atomic mass is 10.00. The maximum absolute atomic E-state index is 12.4. The molecule has 0 saturated heterocycles. The highest BCUT2D eigenvalue weighted by Crippen LogP contribution is 2.19. The van der Waals surface area contributed by atoms with Gasteiger partial charge >= 0.3 is 0 Å². The van der Waals surface area contributed by atoms with E-state index in [1.807, 2.05) is 49.4 Å². The molecule has 0 aromatic heterocycles. The fraction of sp³-hybridized carbons (Fsp3) is 0.350. The summed E-state index contributed by atoms with van der Waals surface area (Å²) >= 11 is 0. The van der Waals surface area contributed by atoms with Crippen molar-refractivity contribution in [3.63, 3.8) is 0 Å². The van der Waals surface area contributed by atoms with Crippen molar-refractivity contribution in [2.24, 2.45) is 0 Å². The summed E-state index contributed by atoms with van der Waals surface area (Å²) < 4.78 is 27.0. The maximum atomic E-state index is 12.4. The lowest BCUT2D eigenvalue weighted by Gasteiger charge is -2.29. The highest BCUT2D eigenvalue weighted by molar-refractivity contribution is 7.88. The number of amides is 1. The molecule has 0 bridgehead atoms. The molecule has 0 unspecified atom stereocenters. The van der Waals surface area contributed by atoms with E-state index in [-0.39, 0.29) is 24.6 Å². The molecular formula is C20H24N2O3S. The lowest BCUT2D eigenvalue weighted by molar-refractivity contribution is -0.131. The van der Waals surface area contributed by atoms with Crippen LogP contribution in [0.2, 0.25) is 0 Å². The van der Waals surface area contributed by atoms with E-state index >= 15 is 0 Å². The fourth-order valence-corrected chi connectivity index (χ4v) is 4.46. The molecule has 0 saturated carbocycles. The van der Waals surface area contributed by atoms with Crippen molar-refractivity contribution in [1.82, 2.24) is 9.62 Å². The minimum absolute atomic E-state index is 0.0157. The van der Waals surface area contributed by atoms with E-state index in [2.05, 4.69) is 10.8 Å². The van der Waals surface area contributed by atoms with Crippen LogP contribution in [0.4, 0.5) is 0 Å². The summed E-state index contributed by atoms with van der Waals surface area (Å²) in [5.74, 6) is -0.0802. The number of nitrogens with zero attached hydrogens (tertiary/aromatic N) is 1. The molecule has 6 heteroatoms. The first kappa shape index (κ1) is 18.6. The molecule has 0 atom stereocenters. The van der Waals surface area contributed by atoms with Crippen molar-refractivity contribution in [2.75, 3.05) is 13.1 Å². The fourth-order valence-electron chi connectivity index (χ4n) is 3.21. The van der Waals surface area contributed by atoms with E-state index in [1.165, 1.54) is 11.1 Å². The molecule has 1 heterocycles. The van der Waals surface area contributed by atoms with E-state index in [0.29, 0.717) is 13.1 Å². The topological polar surface area (TPSA) is 66.5 Å². The summed E-state index contributed by atoms with van der Waals surface area (Å²) in [6, 6.07) is 15.5. The Balaban J connectivity index is 1.50. The van der Waals surface area contributed by atoms with Crippen LogP contribution in [0.25, 0.3) is 0 Å². The normalized spacial score (nSPS) is 14.1. The number of carbonyl (C=O) groups is 1. The Labute approximate surface area is 155 Å². The van der Waals surface area contributed by atoms with Gasteiger partial charge in [-0.15, -0.1) is 0 Å². The zero-order chi connectivity index (χ0) is 18.6. The molecule has 1 aliphatic rings. The molecule has 1 N–H and O–H groups in total. The predicted octanol–water partition coefficient (Wildman–Crippen LogP) is 2.39. The van der Waals surface area contributed by atoms with Crippen LogP contribution in [-0.4, -0.2) is 32.3 Å². The minimum atomic E-state index is -3.45. The van der Waals surface area contributed by atoms with Gasteiger partial charge in [-0.1, -0.05) is 48.5 Å². The van der Waals surface area contributed by atoms with Crippen LogP contribution in [0.3, 0.4) is 0 Å². The second-order valence-electron chi connectivity index (χ2n) is 6.66. The number of sulfonamides is 1. The molecular weight excluding hydrogens is 348 g/mol. The summed E-state index contributed by atoms with van der Waals surface area (Å²) in [4.78, 5) is 14.2. The number of carbonyl (C=O) groups excluding carboxylic acids is 1. The van der Waals surface area contributed by atoms with E-state index in [0.717, 1.165) is 17.5 Å². The highest BCUT2D eigenvalue weighted by Gasteiger charge is 2.20. The first-order chi connectivity index (χ1) is 12.4. The largest absolute Gasteiger partial charge is 0.338 e. The molecule has 2 aromatic rings. The number of nitrogens with one attached hydrogen (secondary N) is 1. The molecule has 3 rings (SSSR count). The van der Waals surface area contributed by atoms with Gasteiger partial charge in [-0.3, -0.25) is 4.79 Å². The van der Waals surface area contributed by atoms with E-state index in [9.17, 15) is 13.2 Å². The Morgan fingerprint density at radius 2 is 1.77 bits per heavy atom. The number of rotatable bonds is 6. The van der Waals surface area contributed by atoms with Crippen LogP contribution in [0.15, 0.2) is 48.5 Å². The Morgan fingerprint density at radius 3 is 2.54 bits per heavy atom. The zero-order valence-corrected chi connectivity index (χ0v) is 15.8. The van der Waals surface area contributed by atoms with Crippen LogP contribution in [0, 0.1) is 6.92 Å².